The molecule has 2 aliphatic heterocycles. The molecule has 4 atom stereocenters. The SMILES string of the molecule is CC[N+]1(CC(C)(C)CCCS(=O)CCCS(=O)CCCC(C)(C)C[N+]2(CC)CC(=O)NC2=O)CC(=O)NC1=O. The number of hydrogen-bond acceptors (Lipinski definition) is 6. The smallest absolute Gasteiger partial charge is 0.268 e. The fraction of sp³-hybridized carbons (Fsp3) is 0.852. The Bertz CT molecular complexity index is 909. The summed E-state index contributed by atoms with van der Waals surface area (Å²) in [5, 5.41) is 4.85. The van der Waals surface area contributed by atoms with E-state index >= 15 is 0 Å². The second-order valence-corrected chi connectivity index (χ2v) is 16.2. The summed E-state index contributed by atoms with van der Waals surface area (Å²) in [6, 6.07) is -0.449. The number of quaternary nitrogens is 2. The Morgan fingerprint density at radius 1 is 0.641 bits per heavy atom. The highest BCUT2D eigenvalue weighted by atomic mass is 32.2. The lowest BCUT2D eigenvalue weighted by molar-refractivity contribution is -0.841. The van der Waals surface area contributed by atoms with Gasteiger partial charge in [-0.25, -0.2) is 29.2 Å². The molecule has 0 saturated carbocycles. The highest BCUT2D eigenvalue weighted by molar-refractivity contribution is 7.85. The monoisotopic (exact) mass is 590 g/mol. The third-order valence-corrected chi connectivity index (χ3v) is 11.1. The highest BCUT2D eigenvalue weighted by Gasteiger charge is 2.49. The van der Waals surface area contributed by atoms with Crippen molar-refractivity contribution in [3.8, 4) is 0 Å². The first-order valence-corrected chi connectivity index (χ1v) is 17.2. The molecular weight excluding hydrogens is 540 g/mol. The summed E-state index contributed by atoms with van der Waals surface area (Å²) in [5.41, 5.74) is -0.325. The van der Waals surface area contributed by atoms with Crippen LogP contribution in [0.1, 0.15) is 73.6 Å². The van der Waals surface area contributed by atoms with E-state index in [2.05, 4.69) is 38.3 Å². The Balaban J connectivity index is 1.64. The average molecular weight is 591 g/mol. The molecule has 2 saturated heterocycles. The summed E-state index contributed by atoms with van der Waals surface area (Å²) in [6.45, 7) is 14.9. The van der Waals surface area contributed by atoms with Crippen LogP contribution in [-0.4, -0.2) is 104 Å². The highest BCUT2D eigenvalue weighted by Crippen LogP contribution is 2.30. The van der Waals surface area contributed by atoms with Gasteiger partial charge in [0.1, 0.15) is 0 Å². The summed E-state index contributed by atoms with van der Waals surface area (Å²) in [4.78, 5) is 48.2. The minimum atomic E-state index is -0.975. The molecule has 4 unspecified atom stereocenters. The maximum Gasteiger partial charge on any atom is 0.423 e. The van der Waals surface area contributed by atoms with Gasteiger partial charge in [-0.3, -0.25) is 18.0 Å². The molecule has 0 aromatic heterocycles. The molecule has 2 fully saturated rings. The van der Waals surface area contributed by atoms with Crippen LogP contribution in [0.15, 0.2) is 0 Å². The van der Waals surface area contributed by atoms with Gasteiger partial charge in [-0.15, -0.1) is 0 Å². The van der Waals surface area contributed by atoms with Crippen molar-refractivity contribution in [1.29, 1.82) is 0 Å². The quantitative estimate of drug-likeness (QED) is 0.187. The summed E-state index contributed by atoms with van der Waals surface area (Å²) in [7, 11) is -1.95. The molecule has 0 bridgehead atoms. The molecule has 224 valence electrons. The van der Waals surface area contributed by atoms with Gasteiger partial charge in [0.15, 0.2) is 13.1 Å². The molecule has 0 aromatic carbocycles. The summed E-state index contributed by atoms with van der Waals surface area (Å²) in [5.74, 6) is 1.77. The third-order valence-electron chi connectivity index (χ3n) is 8.11. The zero-order valence-corrected chi connectivity index (χ0v) is 26.4. The van der Waals surface area contributed by atoms with Gasteiger partial charge in [0.25, 0.3) is 11.8 Å². The molecule has 0 aliphatic carbocycles. The molecule has 2 aliphatic rings. The Kier molecular flexibility index (Phi) is 12.0. The first-order valence-electron chi connectivity index (χ1n) is 14.2. The maximum atomic E-state index is 12.5. The number of carbonyl (C=O) groups is 4. The van der Waals surface area contributed by atoms with E-state index in [1.54, 1.807) is 0 Å². The van der Waals surface area contributed by atoms with E-state index in [1.807, 2.05) is 13.8 Å². The Morgan fingerprint density at radius 2 is 0.974 bits per heavy atom. The number of nitrogens with one attached hydrogen (secondary N) is 2. The topological polar surface area (TPSA) is 126 Å². The van der Waals surface area contributed by atoms with Gasteiger partial charge in [-0.05, 0) is 46.0 Å². The molecule has 0 radical (unpaired) electrons. The van der Waals surface area contributed by atoms with Crippen molar-refractivity contribution >= 4 is 45.5 Å². The first kappa shape index (κ1) is 33.7. The molecule has 2 heterocycles. The van der Waals surface area contributed by atoms with E-state index in [1.165, 1.54) is 0 Å². The van der Waals surface area contributed by atoms with E-state index in [0.29, 0.717) is 55.6 Å². The number of urea groups is 2. The van der Waals surface area contributed by atoms with Gasteiger partial charge in [-0.1, -0.05) is 27.7 Å². The molecular formula is C27H50N4O6S2+2. The van der Waals surface area contributed by atoms with Crippen LogP contribution in [0.25, 0.3) is 0 Å². The van der Waals surface area contributed by atoms with Crippen LogP contribution < -0.4 is 10.6 Å². The Labute approximate surface area is 239 Å². The van der Waals surface area contributed by atoms with Crippen molar-refractivity contribution in [3.63, 3.8) is 0 Å². The predicted molar refractivity (Wildman–Crippen MR) is 155 cm³/mol. The van der Waals surface area contributed by atoms with Crippen LogP contribution in [0.5, 0.6) is 0 Å². The standard InChI is InChI=1S/C27H48N4O6S2/c1-7-30(18-22(32)28-24(30)34)20-26(3,4)12-9-14-38(36)16-11-17-39(37)15-10-13-27(5,6)21-31(8-2)19-23(33)29-25(31)35/h7-21H2,1-6H3/p+2. The van der Waals surface area contributed by atoms with Gasteiger partial charge < -0.3 is 0 Å². The Morgan fingerprint density at radius 3 is 1.26 bits per heavy atom. The molecule has 0 spiro atoms. The zero-order chi connectivity index (χ0) is 29.5. The van der Waals surface area contributed by atoms with Crippen molar-refractivity contribution in [2.75, 3.05) is 62.3 Å². The van der Waals surface area contributed by atoms with Gasteiger partial charge in [0.2, 0.25) is 0 Å². The van der Waals surface area contributed by atoms with E-state index < -0.39 is 21.6 Å². The van der Waals surface area contributed by atoms with E-state index in [-0.39, 0.29) is 56.8 Å². The van der Waals surface area contributed by atoms with E-state index in [4.69, 9.17) is 0 Å². The molecule has 39 heavy (non-hydrogen) atoms. The van der Waals surface area contributed by atoms with Crippen LogP contribution in [0.3, 0.4) is 0 Å². The fourth-order valence-electron chi connectivity index (χ4n) is 6.04. The van der Waals surface area contributed by atoms with Crippen LogP contribution in [-0.2, 0) is 31.2 Å². The minimum Gasteiger partial charge on any atom is -0.268 e. The fourth-order valence-corrected chi connectivity index (χ4v) is 8.50. The molecule has 10 nitrogen and oxygen atoms in total. The molecule has 0 aromatic rings. The van der Waals surface area contributed by atoms with Crippen molar-refractivity contribution in [2.24, 2.45) is 10.8 Å². The Hall–Kier alpha value is -1.50. The average Bonchev–Trinajstić information content (AvgIpc) is 3.25. The predicted octanol–water partition coefficient (Wildman–Crippen LogP) is 2.66. The number of imide groups is 2. The molecule has 2 rings (SSSR count). The third kappa shape index (κ3) is 9.82. The molecule has 6 amide bonds. The summed E-state index contributed by atoms with van der Waals surface area (Å²) >= 11 is 0. The van der Waals surface area contributed by atoms with Crippen molar-refractivity contribution < 1.29 is 36.6 Å². The van der Waals surface area contributed by atoms with Gasteiger partial charge in [-0.2, -0.15) is 0 Å². The van der Waals surface area contributed by atoms with Crippen LogP contribution in [0, 0.1) is 10.8 Å². The number of likely N-dealkylation sites (N-methyl/N-ethyl adjacent to an activating group) is 2. The number of amides is 6. The number of hydrogen-bond donors (Lipinski definition) is 2. The van der Waals surface area contributed by atoms with E-state index in [0.717, 1.165) is 25.7 Å². The van der Waals surface area contributed by atoms with Gasteiger partial charge >= 0.3 is 12.1 Å². The summed E-state index contributed by atoms with van der Waals surface area (Å²) < 4.78 is 25.3. The lowest BCUT2D eigenvalue weighted by Gasteiger charge is -2.35. The first-order chi connectivity index (χ1) is 18.1. The lowest BCUT2D eigenvalue weighted by atomic mass is 9.86. The number of nitrogens with zero attached hydrogens (tertiary/aromatic N) is 2. The van der Waals surface area contributed by atoms with Crippen molar-refractivity contribution in [2.45, 2.75) is 73.6 Å². The van der Waals surface area contributed by atoms with Crippen molar-refractivity contribution in [3.05, 3.63) is 0 Å². The van der Waals surface area contributed by atoms with Gasteiger partial charge in [0, 0.05) is 55.4 Å². The second-order valence-electron chi connectivity index (χ2n) is 12.8. The molecule has 12 heteroatoms. The molecule has 2 N–H and O–H groups in total. The second kappa shape index (κ2) is 13.9. The van der Waals surface area contributed by atoms with Crippen molar-refractivity contribution in [1.82, 2.24) is 10.6 Å². The minimum absolute atomic E-state index is 0.130. The van der Waals surface area contributed by atoms with Crippen LogP contribution >= 0.6 is 0 Å². The zero-order valence-electron chi connectivity index (χ0n) is 24.8. The summed E-state index contributed by atoms with van der Waals surface area (Å²) in [6.07, 6.45) is 3.84. The van der Waals surface area contributed by atoms with Gasteiger partial charge in [0.05, 0.1) is 26.2 Å². The van der Waals surface area contributed by atoms with Crippen LogP contribution in [0.4, 0.5) is 9.59 Å². The number of rotatable bonds is 18. The number of carbonyl (C=O) groups excluding carboxylic acids is 4. The van der Waals surface area contributed by atoms with E-state index in [9.17, 15) is 27.6 Å². The maximum absolute atomic E-state index is 12.5. The lowest BCUT2D eigenvalue weighted by Crippen LogP contribution is -2.54. The normalized spacial score (nSPS) is 25.6. The largest absolute Gasteiger partial charge is 0.423 e. The van der Waals surface area contributed by atoms with Crippen LogP contribution in [0.2, 0.25) is 0 Å².